The summed E-state index contributed by atoms with van der Waals surface area (Å²) in [5.41, 5.74) is 1.93. The molecule has 3 rings (SSSR count). The van der Waals surface area contributed by atoms with E-state index in [0.29, 0.717) is 6.61 Å². The summed E-state index contributed by atoms with van der Waals surface area (Å²) in [6.45, 7) is 0.598. The molecule has 0 unspecified atom stereocenters. The Bertz CT molecular complexity index is 692. The molecule has 0 aliphatic rings. The Morgan fingerprint density at radius 1 is 1.05 bits per heavy atom. The molecule has 0 radical (unpaired) electrons. The largest absolute Gasteiger partial charge is 0.497 e. The molecule has 0 amide bonds. The van der Waals surface area contributed by atoms with Gasteiger partial charge in [-0.25, -0.2) is 4.98 Å². The first-order valence-corrected chi connectivity index (χ1v) is 6.55. The van der Waals surface area contributed by atoms with Gasteiger partial charge in [-0.1, -0.05) is 18.2 Å². The first-order valence-electron chi connectivity index (χ1n) is 6.55. The SMILES string of the molecule is COc1ccc2nc(CCOc3ccccc3)[nH]c2c1. The van der Waals surface area contributed by atoms with Crippen LogP contribution >= 0.6 is 0 Å². The number of aromatic nitrogens is 2. The lowest BCUT2D eigenvalue weighted by molar-refractivity contribution is 0.319. The van der Waals surface area contributed by atoms with Crippen molar-refractivity contribution in [2.45, 2.75) is 6.42 Å². The fourth-order valence-corrected chi connectivity index (χ4v) is 2.07. The molecule has 3 aromatic rings. The van der Waals surface area contributed by atoms with Crippen molar-refractivity contribution in [1.82, 2.24) is 9.97 Å². The van der Waals surface area contributed by atoms with E-state index in [0.717, 1.165) is 34.8 Å². The average Bonchev–Trinajstić information content (AvgIpc) is 2.90. The number of imidazole rings is 1. The summed E-state index contributed by atoms with van der Waals surface area (Å²) in [7, 11) is 1.66. The van der Waals surface area contributed by atoms with E-state index >= 15 is 0 Å². The van der Waals surface area contributed by atoms with E-state index in [4.69, 9.17) is 9.47 Å². The van der Waals surface area contributed by atoms with Crippen molar-refractivity contribution in [2.75, 3.05) is 13.7 Å². The number of fused-ring (bicyclic) bond motifs is 1. The number of hydrogen-bond acceptors (Lipinski definition) is 3. The first kappa shape index (κ1) is 12.5. The van der Waals surface area contributed by atoms with Gasteiger partial charge in [0.25, 0.3) is 0 Å². The monoisotopic (exact) mass is 268 g/mol. The summed E-state index contributed by atoms with van der Waals surface area (Å²) in [5, 5.41) is 0. The number of ether oxygens (including phenoxy) is 2. The molecule has 1 heterocycles. The number of aromatic amines is 1. The highest BCUT2D eigenvalue weighted by molar-refractivity contribution is 5.76. The van der Waals surface area contributed by atoms with Crippen LogP contribution in [-0.2, 0) is 6.42 Å². The van der Waals surface area contributed by atoms with Gasteiger partial charge in [0.05, 0.1) is 24.8 Å². The normalized spacial score (nSPS) is 10.7. The van der Waals surface area contributed by atoms with Gasteiger partial charge in [-0.05, 0) is 24.3 Å². The quantitative estimate of drug-likeness (QED) is 0.773. The molecule has 0 saturated carbocycles. The van der Waals surface area contributed by atoms with E-state index in [1.165, 1.54) is 0 Å². The van der Waals surface area contributed by atoms with Crippen molar-refractivity contribution in [1.29, 1.82) is 0 Å². The molecule has 0 spiro atoms. The Morgan fingerprint density at radius 3 is 2.70 bits per heavy atom. The zero-order valence-corrected chi connectivity index (χ0v) is 11.3. The lowest BCUT2D eigenvalue weighted by Crippen LogP contribution is -2.02. The van der Waals surface area contributed by atoms with Crippen LogP contribution in [0.4, 0.5) is 0 Å². The number of hydrogen-bond donors (Lipinski definition) is 1. The number of H-pyrrole nitrogens is 1. The summed E-state index contributed by atoms with van der Waals surface area (Å²) in [5.74, 6) is 2.63. The van der Waals surface area contributed by atoms with Crippen LogP contribution < -0.4 is 9.47 Å². The molecule has 1 aromatic heterocycles. The number of methoxy groups -OCH3 is 1. The van der Waals surface area contributed by atoms with Crippen LogP contribution in [0.2, 0.25) is 0 Å². The number of nitrogens with zero attached hydrogens (tertiary/aromatic N) is 1. The van der Waals surface area contributed by atoms with Crippen LogP contribution in [0, 0.1) is 0 Å². The van der Waals surface area contributed by atoms with Gasteiger partial charge < -0.3 is 14.5 Å². The van der Waals surface area contributed by atoms with Crippen LogP contribution in [0.25, 0.3) is 11.0 Å². The zero-order valence-electron chi connectivity index (χ0n) is 11.3. The molecule has 4 nitrogen and oxygen atoms in total. The molecule has 0 atom stereocenters. The Morgan fingerprint density at radius 2 is 1.90 bits per heavy atom. The van der Waals surface area contributed by atoms with Crippen LogP contribution in [0.1, 0.15) is 5.82 Å². The van der Waals surface area contributed by atoms with E-state index < -0.39 is 0 Å². The summed E-state index contributed by atoms with van der Waals surface area (Å²) >= 11 is 0. The average molecular weight is 268 g/mol. The van der Waals surface area contributed by atoms with Gasteiger partial charge in [0.2, 0.25) is 0 Å². The van der Waals surface area contributed by atoms with E-state index in [9.17, 15) is 0 Å². The highest BCUT2D eigenvalue weighted by Gasteiger charge is 2.04. The van der Waals surface area contributed by atoms with Gasteiger partial charge in [-0.2, -0.15) is 0 Å². The third-order valence-electron chi connectivity index (χ3n) is 3.09. The minimum absolute atomic E-state index is 0.598. The zero-order chi connectivity index (χ0) is 13.8. The van der Waals surface area contributed by atoms with Gasteiger partial charge in [0.1, 0.15) is 17.3 Å². The minimum Gasteiger partial charge on any atom is -0.497 e. The van der Waals surface area contributed by atoms with Gasteiger partial charge in [-0.15, -0.1) is 0 Å². The summed E-state index contributed by atoms with van der Waals surface area (Å²) in [6.07, 6.45) is 0.742. The maximum atomic E-state index is 5.67. The highest BCUT2D eigenvalue weighted by atomic mass is 16.5. The van der Waals surface area contributed by atoms with Crippen molar-refractivity contribution in [2.24, 2.45) is 0 Å². The standard InChI is InChI=1S/C16H16N2O2/c1-19-13-7-8-14-15(11-13)18-16(17-14)9-10-20-12-5-3-2-4-6-12/h2-8,11H,9-10H2,1H3,(H,17,18). The lowest BCUT2D eigenvalue weighted by Gasteiger charge is -2.03. The molecule has 102 valence electrons. The predicted octanol–water partition coefficient (Wildman–Crippen LogP) is 3.19. The van der Waals surface area contributed by atoms with Gasteiger partial charge in [0.15, 0.2) is 0 Å². The van der Waals surface area contributed by atoms with E-state index in [1.54, 1.807) is 7.11 Å². The molecular weight excluding hydrogens is 252 g/mol. The van der Waals surface area contributed by atoms with Crippen molar-refractivity contribution in [3.63, 3.8) is 0 Å². The molecular formula is C16H16N2O2. The van der Waals surface area contributed by atoms with E-state index in [1.807, 2.05) is 48.5 Å². The smallest absolute Gasteiger partial charge is 0.121 e. The lowest BCUT2D eigenvalue weighted by atomic mass is 10.3. The first-order chi connectivity index (χ1) is 9.85. The van der Waals surface area contributed by atoms with Crippen LogP contribution in [0.3, 0.4) is 0 Å². The van der Waals surface area contributed by atoms with Crippen LogP contribution in [0.5, 0.6) is 11.5 Å². The Hall–Kier alpha value is -2.49. The van der Waals surface area contributed by atoms with Crippen molar-refractivity contribution >= 4 is 11.0 Å². The number of para-hydroxylation sites is 1. The molecule has 1 N–H and O–H groups in total. The van der Waals surface area contributed by atoms with E-state index in [2.05, 4.69) is 9.97 Å². The van der Waals surface area contributed by atoms with Crippen molar-refractivity contribution in [3.05, 3.63) is 54.4 Å². The Labute approximate surface area is 117 Å². The van der Waals surface area contributed by atoms with Gasteiger partial charge in [-0.3, -0.25) is 0 Å². The van der Waals surface area contributed by atoms with Crippen LogP contribution in [-0.4, -0.2) is 23.7 Å². The second-order valence-electron chi connectivity index (χ2n) is 4.48. The van der Waals surface area contributed by atoms with E-state index in [-0.39, 0.29) is 0 Å². The van der Waals surface area contributed by atoms with Crippen molar-refractivity contribution < 1.29 is 9.47 Å². The Balaban J connectivity index is 1.66. The molecule has 0 fully saturated rings. The minimum atomic E-state index is 0.598. The number of rotatable bonds is 5. The predicted molar refractivity (Wildman–Crippen MR) is 78.3 cm³/mol. The molecule has 0 aliphatic heterocycles. The molecule has 20 heavy (non-hydrogen) atoms. The topological polar surface area (TPSA) is 47.1 Å². The third kappa shape index (κ3) is 2.74. The molecule has 0 bridgehead atoms. The second-order valence-corrected chi connectivity index (χ2v) is 4.48. The molecule has 0 saturated heterocycles. The molecule has 0 aliphatic carbocycles. The summed E-state index contributed by atoms with van der Waals surface area (Å²) in [4.78, 5) is 7.81. The van der Waals surface area contributed by atoms with Gasteiger partial charge >= 0.3 is 0 Å². The van der Waals surface area contributed by atoms with Crippen LogP contribution in [0.15, 0.2) is 48.5 Å². The fraction of sp³-hybridized carbons (Fsp3) is 0.188. The second kappa shape index (κ2) is 5.65. The third-order valence-corrected chi connectivity index (χ3v) is 3.09. The molecule has 4 heteroatoms. The molecule has 2 aromatic carbocycles. The number of nitrogens with one attached hydrogen (secondary N) is 1. The summed E-state index contributed by atoms with van der Waals surface area (Å²) < 4.78 is 10.9. The van der Waals surface area contributed by atoms with Gasteiger partial charge in [0, 0.05) is 12.5 Å². The maximum absolute atomic E-state index is 5.67. The Kier molecular flexibility index (Phi) is 3.54. The summed E-state index contributed by atoms with van der Waals surface area (Å²) in [6, 6.07) is 15.6. The maximum Gasteiger partial charge on any atom is 0.121 e. The van der Waals surface area contributed by atoms with Crippen molar-refractivity contribution in [3.8, 4) is 11.5 Å². The number of benzene rings is 2. The highest BCUT2D eigenvalue weighted by Crippen LogP contribution is 2.19. The fourth-order valence-electron chi connectivity index (χ4n) is 2.07.